The molecule has 7 nitrogen and oxygen atoms in total. The number of ether oxygens (including phenoxy) is 1. The molecule has 0 atom stereocenters. The van der Waals surface area contributed by atoms with Gasteiger partial charge in [-0.25, -0.2) is 0 Å². The predicted octanol–water partition coefficient (Wildman–Crippen LogP) is 8.38. The van der Waals surface area contributed by atoms with Crippen LogP contribution in [0.3, 0.4) is 0 Å². The zero-order chi connectivity index (χ0) is 34.5. The van der Waals surface area contributed by atoms with E-state index in [1.165, 1.54) is 0 Å². The summed E-state index contributed by atoms with van der Waals surface area (Å²) in [6.07, 6.45) is 1.95. The van der Waals surface area contributed by atoms with E-state index in [4.69, 9.17) is 16.3 Å². The van der Waals surface area contributed by atoms with Crippen molar-refractivity contribution in [3.05, 3.63) is 146 Å². The van der Waals surface area contributed by atoms with Crippen molar-refractivity contribution in [2.45, 2.75) is 60.0 Å². The highest BCUT2D eigenvalue weighted by Gasteiger charge is 2.29. The van der Waals surface area contributed by atoms with Crippen molar-refractivity contribution in [2.75, 3.05) is 6.61 Å². The van der Waals surface area contributed by atoms with Crippen LogP contribution in [0.4, 0.5) is 0 Å². The second kappa shape index (κ2) is 15.0. The van der Waals surface area contributed by atoms with Gasteiger partial charge in [0.05, 0.1) is 12.3 Å². The Hall–Kier alpha value is -5.14. The van der Waals surface area contributed by atoms with Crippen LogP contribution in [0.15, 0.2) is 90.5 Å². The molecule has 0 radical (unpaired) electrons. The minimum atomic E-state index is -0.156. The number of hydrogen-bond acceptors (Lipinski definition) is 4. The Morgan fingerprint density at radius 1 is 0.816 bits per heavy atom. The maximum Gasteiger partial charge on any atom is 0.251 e. The molecule has 6 rings (SSSR count). The lowest BCUT2D eigenvalue weighted by molar-refractivity contribution is -0.117. The first kappa shape index (κ1) is 33.7. The van der Waals surface area contributed by atoms with Crippen molar-refractivity contribution in [2.24, 2.45) is 0 Å². The number of carbonyl (C=O) groups is 2. The van der Waals surface area contributed by atoms with Gasteiger partial charge in [0.2, 0.25) is 5.91 Å². The zero-order valence-corrected chi connectivity index (χ0v) is 29.1. The van der Waals surface area contributed by atoms with Crippen molar-refractivity contribution < 1.29 is 14.3 Å². The maximum absolute atomic E-state index is 14.0. The number of aromatic amines is 1. The summed E-state index contributed by atoms with van der Waals surface area (Å²) >= 11 is 6.36. The molecule has 3 N–H and O–H groups in total. The summed E-state index contributed by atoms with van der Waals surface area (Å²) in [6.45, 7) is 9.24. The molecule has 0 bridgehead atoms. The lowest BCUT2D eigenvalue weighted by Crippen LogP contribution is -2.26. The van der Waals surface area contributed by atoms with Crippen molar-refractivity contribution >= 4 is 29.0 Å². The zero-order valence-electron chi connectivity index (χ0n) is 28.4. The number of aryl methyl sites for hydroxylation is 4. The highest BCUT2D eigenvalue weighted by Crippen LogP contribution is 2.42. The summed E-state index contributed by atoms with van der Waals surface area (Å²) in [7, 11) is 0. The highest BCUT2D eigenvalue weighted by atomic mass is 35.5. The molecule has 0 saturated heterocycles. The van der Waals surface area contributed by atoms with Gasteiger partial charge in [0.25, 0.3) is 5.91 Å². The molecule has 1 aliphatic carbocycles. The molecule has 49 heavy (non-hydrogen) atoms. The number of benzene rings is 4. The van der Waals surface area contributed by atoms with Crippen LogP contribution in [0.25, 0.3) is 16.7 Å². The molecule has 2 amide bonds. The smallest absolute Gasteiger partial charge is 0.251 e. The first-order chi connectivity index (χ1) is 23.7. The SMILES string of the molecule is Cc1cc(OCCCC2=C(C(=O)NCc3cccc(C(=O)NCc4ccccc4)c3)Cc3c2cccc3-c2c(C)n[nH]c2C)cc(C)c1Cl. The summed E-state index contributed by atoms with van der Waals surface area (Å²) < 4.78 is 6.13. The van der Waals surface area contributed by atoms with Gasteiger partial charge in [-0.2, -0.15) is 5.10 Å². The van der Waals surface area contributed by atoms with Crippen LogP contribution < -0.4 is 15.4 Å². The fraction of sp³-hybridized carbons (Fsp3) is 0.244. The Balaban J connectivity index is 1.18. The minimum absolute atomic E-state index is 0.110. The number of fused-ring (bicyclic) bond motifs is 1. The summed E-state index contributed by atoms with van der Waals surface area (Å²) in [5.74, 6) is 0.528. The highest BCUT2D eigenvalue weighted by molar-refractivity contribution is 6.32. The fourth-order valence-corrected chi connectivity index (χ4v) is 6.72. The first-order valence-corrected chi connectivity index (χ1v) is 17.0. The van der Waals surface area contributed by atoms with E-state index in [-0.39, 0.29) is 11.8 Å². The molecule has 0 aliphatic heterocycles. The number of halogens is 1. The largest absolute Gasteiger partial charge is 0.494 e. The molecule has 4 aromatic carbocycles. The molecule has 1 aromatic heterocycles. The summed E-state index contributed by atoms with van der Waals surface area (Å²) in [4.78, 5) is 26.9. The van der Waals surface area contributed by atoms with Crippen molar-refractivity contribution in [1.82, 2.24) is 20.8 Å². The Labute approximate surface area is 292 Å². The van der Waals surface area contributed by atoms with Gasteiger partial charge in [0, 0.05) is 46.9 Å². The molecule has 0 fully saturated rings. The van der Waals surface area contributed by atoms with E-state index < -0.39 is 0 Å². The van der Waals surface area contributed by atoms with E-state index in [0.717, 1.165) is 84.2 Å². The summed E-state index contributed by atoms with van der Waals surface area (Å²) in [5.41, 5.74) is 12.5. The third-order valence-electron chi connectivity index (χ3n) is 9.08. The molecule has 1 heterocycles. The van der Waals surface area contributed by atoms with E-state index in [2.05, 4.69) is 39.0 Å². The van der Waals surface area contributed by atoms with E-state index in [0.29, 0.717) is 38.1 Å². The van der Waals surface area contributed by atoms with Gasteiger partial charge in [-0.3, -0.25) is 14.7 Å². The second-order valence-corrected chi connectivity index (χ2v) is 13.0. The van der Waals surface area contributed by atoms with Crippen LogP contribution in [0, 0.1) is 27.7 Å². The average Bonchev–Trinajstić information content (AvgIpc) is 3.66. The van der Waals surface area contributed by atoms with E-state index >= 15 is 0 Å². The minimum Gasteiger partial charge on any atom is -0.494 e. The van der Waals surface area contributed by atoms with Gasteiger partial charge >= 0.3 is 0 Å². The van der Waals surface area contributed by atoms with E-state index in [1.807, 2.05) is 88.4 Å². The number of H-pyrrole nitrogens is 1. The summed E-state index contributed by atoms with van der Waals surface area (Å²) in [5, 5.41) is 14.4. The Morgan fingerprint density at radius 2 is 1.49 bits per heavy atom. The third-order valence-corrected chi connectivity index (χ3v) is 9.67. The molecule has 250 valence electrons. The fourth-order valence-electron chi connectivity index (χ4n) is 6.61. The van der Waals surface area contributed by atoms with Gasteiger partial charge in [-0.1, -0.05) is 72.3 Å². The van der Waals surface area contributed by atoms with Gasteiger partial charge in [0.15, 0.2) is 0 Å². The lowest BCUT2D eigenvalue weighted by Gasteiger charge is -2.13. The number of nitrogens with one attached hydrogen (secondary N) is 3. The Kier molecular flexibility index (Phi) is 10.3. The number of nitrogens with zero attached hydrogens (tertiary/aromatic N) is 1. The quantitative estimate of drug-likeness (QED) is 0.116. The lowest BCUT2D eigenvalue weighted by atomic mass is 9.93. The normalized spacial score (nSPS) is 12.2. The van der Waals surface area contributed by atoms with E-state index in [1.54, 1.807) is 6.07 Å². The number of allylic oxidation sites excluding steroid dienone is 1. The maximum atomic E-state index is 14.0. The van der Waals surface area contributed by atoms with Gasteiger partial charge < -0.3 is 15.4 Å². The number of aromatic nitrogens is 2. The number of amides is 2. The van der Waals surface area contributed by atoms with Crippen molar-refractivity contribution in [1.29, 1.82) is 0 Å². The molecule has 0 spiro atoms. The molecular weight excluding hydrogens is 632 g/mol. The Morgan fingerprint density at radius 3 is 2.22 bits per heavy atom. The van der Waals surface area contributed by atoms with Crippen LogP contribution in [-0.2, 0) is 24.3 Å². The second-order valence-electron chi connectivity index (χ2n) is 12.6. The molecule has 1 aliphatic rings. The van der Waals surface area contributed by atoms with Crippen LogP contribution in [0.1, 0.15) is 68.0 Å². The van der Waals surface area contributed by atoms with Gasteiger partial charge in [0.1, 0.15) is 5.75 Å². The molecule has 5 aromatic rings. The number of rotatable bonds is 12. The standard InChI is InChI=1S/C41H41ClN4O3/c1-25-19-32(20-26(2)39(25)42)49-18-10-17-34-33-15-9-16-35(38-27(3)45-46-28(38)4)36(33)22-37(34)41(48)44-24-30-13-8-14-31(21-30)40(47)43-23-29-11-6-5-7-12-29/h5-9,11-16,19-21H,10,17-18,22-24H2,1-4H3,(H,43,47)(H,44,48)(H,45,46). The van der Waals surface area contributed by atoms with Gasteiger partial charge in [-0.05, 0) is 109 Å². The van der Waals surface area contributed by atoms with Crippen LogP contribution in [0.5, 0.6) is 5.75 Å². The monoisotopic (exact) mass is 672 g/mol. The third kappa shape index (κ3) is 7.63. The van der Waals surface area contributed by atoms with Crippen molar-refractivity contribution in [3.8, 4) is 16.9 Å². The summed E-state index contributed by atoms with van der Waals surface area (Å²) in [6, 6.07) is 27.4. The van der Waals surface area contributed by atoms with Crippen LogP contribution >= 0.6 is 11.6 Å². The Bertz CT molecular complexity index is 2000. The van der Waals surface area contributed by atoms with Gasteiger partial charge in [-0.15, -0.1) is 0 Å². The molecule has 8 heteroatoms. The molecule has 0 saturated carbocycles. The number of carbonyl (C=O) groups excluding carboxylic acids is 2. The van der Waals surface area contributed by atoms with E-state index in [9.17, 15) is 9.59 Å². The van der Waals surface area contributed by atoms with Crippen LogP contribution in [0.2, 0.25) is 5.02 Å². The van der Waals surface area contributed by atoms with Crippen LogP contribution in [-0.4, -0.2) is 28.6 Å². The topological polar surface area (TPSA) is 96.1 Å². The molecule has 0 unspecified atom stereocenters. The number of hydrogen-bond donors (Lipinski definition) is 3. The average molecular weight is 673 g/mol. The van der Waals surface area contributed by atoms with Crippen molar-refractivity contribution in [3.63, 3.8) is 0 Å². The first-order valence-electron chi connectivity index (χ1n) is 16.6. The predicted molar refractivity (Wildman–Crippen MR) is 196 cm³/mol. The molecular formula is C41H41ClN4O3.